The molecule has 0 saturated carbocycles. The van der Waals surface area contributed by atoms with Crippen LogP contribution >= 0.6 is 0 Å². The highest BCUT2D eigenvalue weighted by Crippen LogP contribution is 2.22. The Morgan fingerprint density at radius 1 is 1.27 bits per heavy atom. The van der Waals surface area contributed by atoms with Crippen LogP contribution in [0, 0.1) is 24.1 Å². The number of rotatable bonds is 5. The molecule has 1 aliphatic rings. The molecule has 0 amide bonds. The number of pyridine rings is 2. The van der Waals surface area contributed by atoms with Gasteiger partial charge in [0.1, 0.15) is 17.6 Å². The van der Waals surface area contributed by atoms with Gasteiger partial charge in [-0.1, -0.05) is 12.1 Å². The van der Waals surface area contributed by atoms with Gasteiger partial charge in [0, 0.05) is 25.0 Å². The lowest BCUT2D eigenvalue weighted by Crippen LogP contribution is -2.29. The zero-order valence-electron chi connectivity index (χ0n) is 16.9. The fourth-order valence-corrected chi connectivity index (χ4v) is 4.01. The second-order valence-corrected chi connectivity index (χ2v) is 7.74. The van der Waals surface area contributed by atoms with Crippen LogP contribution in [0.1, 0.15) is 35.4 Å². The van der Waals surface area contributed by atoms with E-state index in [1.54, 1.807) is 12.3 Å². The van der Waals surface area contributed by atoms with Crippen LogP contribution in [0.5, 0.6) is 0 Å². The third kappa shape index (κ3) is 4.32. The molecule has 1 N–H and O–H groups in total. The van der Waals surface area contributed by atoms with Gasteiger partial charge in [0.25, 0.3) is 5.56 Å². The Hall–Kier alpha value is -3.30. The van der Waals surface area contributed by atoms with Crippen molar-refractivity contribution in [1.82, 2.24) is 14.9 Å². The lowest BCUT2D eigenvalue weighted by atomic mass is 10.0. The van der Waals surface area contributed by atoms with Crippen LogP contribution < -0.4 is 5.56 Å². The van der Waals surface area contributed by atoms with E-state index in [2.05, 4.69) is 20.9 Å². The molecule has 0 bridgehead atoms. The number of aryl methyl sites for hydroxylation is 2. The standard InChI is InChI=1S/C24H23FN4O/c1-16-11-19(25)12-23-22(16)13-20(28-24(23)30)3-2-8-29-9-6-17(7-10-29)18-4-5-21(14-26)27-15-18/h4-6,11-13,15H,2-3,7-10H2,1H3,(H,28,30). The maximum Gasteiger partial charge on any atom is 0.256 e. The van der Waals surface area contributed by atoms with E-state index in [1.165, 1.54) is 17.7 Å². The summed E-state index contributed by atoms with van der Waals surface area (Å²) in [5.41, 5.74) is 4.22. The van der Waals surface area contributed by atoms with Crippen molar-refractivity contribution in [2.24, 2.45) is 0 Å². The van der Waals surface area contributed by atoms with Gasteiger partial charge in [-0.2, -0.15) is 5.26 Å². The lowest BCUT2D eigenvalue weighted by Gasteiger charge is -2.26. The summed E-state index contributed by atoms with van der Waals surface area (Å²) in [6.45, 7) is 4.62. The molecular formula is C24H23FN4O. The molecule has 2 aromatic heterocycles. The number of hydrogen-bond acceptors (Lipinski definition) is 4. The molecule has 0 saturated heterocycles. The van der Waals surface area contributed by atoms with Gasteiger partial charge in [0.2, 0.25) is 0 Å². The Kier molecular flexibility index (Phi) is 5.73. The summed E-state index contributed by atoms with van der Waals surface area (Å²) in [6.07, 6.45) is 6.65. The molecule has 1 aliphatic heterocycles. The third-order valence-corrected chi connectivity index (χ3v) is 5.65. The summed E-state index contributed by atoms with van der Waals surface area (Å²) < 4.78 is 13.6. The van der Waals surface area contributed by atoms with Crippen molar-refractivity contribution in [3.8, 4) is 6.07 Å². The molecule has 0 fully saturated rings. The summed E-state index contributed by atoms with van der Waals surface area (Å²) in [5.74, 6) is -0.382. The number of benzene rings is 1. The molecule has 1 aromatic carbocycles. The summed E-state index contributed by atoms with van der Waals surface area (Å²) in [6, 6.07) is 10.5. The average Bonchev–Trinajstić information content (AvgIpc) is 2.75. The van der Waals surface area contributed by atoms with E-state index in [-0.39, 0.29) is 11.4 Å². The van der Waals surface area contributed by atoms with Crippen molar-refractivity contribution >= 4 is 16.3 Å². The highest BCUT2D eigenvalue weighted by molar-refractivity contribution is 5.85. The number of nitrogens with zero attached hydrogens (tertiary/aromatic N) is 3. The van der Waals surface area contributed by atoms with Crippen LogP contribution in [-0.4, -0.2) is 34.5 Å². The monoisotopic (exact) mass is 402 g/mol. The predicted octanol–water partition coefficient (Wildman–Crippen LogP) is 3.96. The topological polar surface area (TPSA) is 72.8 Å². The van der Waals surface area contributed by atoms with Gasteiger partial charge < -0.3 is 4.98 Å². The normalized spacial score (nSPS) is 14.5. The van der Waals surface area contributed by atoms with Gasteiger partial charge in [-0.15, -0.1) is 0 Å². The number of fused-ring (bicyclic) bond motifs is 1. The largest absolute Gasteiger partial charge is 0.326 e. The van der Waals surface area contributed by atoms with Crippen molar-refractivity contribution < 1.29 is 4.39 Å². The Morgan fingerprint density at radius 3 is 2.83 bits per heavy atom. The molecule has 0 spiro atoms. The zero-order chi connectivity index (χ0) is 21.1. The Morgan fingerprint density at radius 2 is 2.13 bits per heavy atom. The number of H-pyrrole nitrogens is 1. The van der Waals surface area contributed by atoms with Gasteiger partial charge in [0.05, 0.1) is 5.39 Å². The Labute approximate surface area is 174 Å². The van der Waals surface area contributed by atoms with Crippen LogP contribution in [0.25, 0.3) is 16.3 Å². The van der Waals surface area contributed by atoms with Crippen LogP contribution in [0.4, 0.5) is 4.39 Å². The maximum atomic E-state index is 13.6. The molecule has 0 aliphatic carbocycles. The Balaban J connectivity index is 1.36. The molecule has 152 valence electrons. The summed E-state index contributed by atoms with van der Waals surface area (Å²) in [5, 5.41) is 10.1. The van der Waals surface area contributed by atoms with Crippen molar-refractivity contribution in [3.63, 3.8) is 0 Å². The number of nitrogens with one attached hydrogen (secondary N) is 1. The van der Waals surface area contributed by atoms with Crippen molar-refractivity contribution in [1.29, 1.82) is 5.26 Å². The van der Waals surface area contributed by atoms with Gasteiger partial charge >= 0.3 is 0 Å². The molecular weight excluding hydrogens is 379 g/mol. The predicted molar refractivity (Wildman–Crippen MR) is 116 cm³/mol. The molecule has 3 aromatic rings. The molecule has 6 heteroatoms. The fourth-order valence-electron chi connectivity index (χ4n) is 4.01. The second kappa shape index (κ2) is 8.60. The van der Waals surface area contributed by atoms with Gasteiger partial charge in [0.15, 0.2) is 0 Å². The number of aromatic amines is 1. The Bertz CT molecular complexity index is 1200. The minimum Gasteiger partial charge on any atom is -0.326 e. The fraction of sp³-hybridized carbons (Fsp3) is 0.292. The lowest BCUT2D eigenvalue weighted by molar-refractivity contribution is 0.297. The average molecular weight is 402 g/mol. The summed E-state index contributed by atoms with van der Waals surface area (Å²) in [4.78, 5) is 21.8. The summed E-state index contributed by atoms with van der Waals surface area (Å²) >= 11 is 0. The van der Waals surface area contributed by atoms with E-state index in [1.807, 2.05) is 25.1 Å². The minimum absolute atomic E-state index is 0.230. The third-order valence-electron chi connectivity index (χ3n) is 5.65. The molecule has 0 unspecified atom stereocenters. The highest BCUT2D eigenvalue weighted by Gasteiger charge is 2.13. The minimum atomic E-state index is -0.382. The molecule has 4 rings (SSSR count). The van der Waals surface area contributed by atoms with Gasteiger partial charge in [-0.3, -0.25) is 9.69 Å². The van der Waals surface area contributed by atoms with Crippen LogP contribution in [0.15, 0.2) is 47.4 Å². The highest BCUT2D eigenvalue weighted by atomic mass is 19.1. The van der Waals surface area contributed by atoms with E-state index >= 15 is 0 Å². The van der Waals surface area contributed by atoms with Gasteiger partial charge in [-0.25, -0.2) is 9.37 Å². The first kappa shape index (κ1) is 20.0. The smallest absolute Gasteiger partial charge is 0.256 e. The number of hydrogen-bond donors (Lipinski definition) is 1. The first-order valence-corrected chi connectivity index (χ1v) is 10.1. The second-order valence-electron chi connectivity index (χ2n) is 7.74. The number of aromatic nitrogens is 2. The molecule has 0 radical (unpaired) electrons. The van der Waals surface area contributed by atoms with Crippen molar-refractivity contribution in [2.75, 3.05) is 19.6 Å². The van der Waals surface area contributed by atoms with Crippen LogP contribution in [0.3, 0.4) is 0 Å². The van der Waals surface area contributed by atoms with E-state index in [0.717, 1.165) is 61.1 Å². The van der Waals surface area contributed by atoms with Crippen LogP contribution in [0.2, 0.25) is 0 Å². The van der Waals surface area contributed by atoms with E-state index in [9.17, 15) is 9.18 Å². The van der Waals surface area contributed by atoms with E-state index < -0.39 is 0 Å². The maximum absolute atomic E-state index is 13.6. The first-order chi connectivity index (χ1) is 14.5. The quantitative estimate of drug-likeness (QED) is 0.701. The van der Waals surface area contributed by atoms with Crippen molar-refractivity contribution in [3.05, 3.63) is 81.3 Å². The molecule has 3 heterocycles. The van der Waals surface area contributed by atoms with E-state index in [4.69, 9.17) is 5.26 Å². The van der Waals surface area contributed by atoms with E-state index in [0.29, 0.717) is 11.1 Å². The SMILES string of the molecule is Cc1cc(F)cc2c(=O)[nH]c(CCCN3CC=C(c4ccc(C#N)nc4)CC3)cc12. The van der Waals surface area contributed by atoms with Crippen molar-refractivity contribution in [2.45, 2.75) is 26.2 Å². The molecule has 5 nitrogen and oxygen atoms in total. The van der Waals surface area contributed by atoms with Gasteiger partial charge in [-0.05, 0) is 79.1 Å². The van der Waals surface area contributed by atoms with Crippen LogP contribution in [-0.2, 0) is 6.42 Å². The molecule has 30 heavy (non-hydrogen) atoms. The summed E-state index contributed by atoms with van der Waals surface area (Å²) in [7, 11) is 0. The number of nitriles is 1. The molecule has 0 atom stereocenters. The number of halogens is 1. The zero-order valence-corrected chi connectivity index (χ0v) is 16.9. The first-order valence-electron chi connectivity index (χ1n) is 10.1.